The van der Waals surface area contributed by atoms with E-state index in [9.17, 15) is 4.79 Å². The summed E-state index contributed by atoms with van der Waals surface area (Å²) in [5, 5.41) is 8.72. The molecule has 0 aromatic heterocycles. The van der Waals surface area contributed by atoms with Crippen molar-refractivity contribution in [2.45, 2.75) is 11.8 Å². The largest absolute Gasteiger partial charge is 0.493 e. The highest BCUT2D eigenvalue weighted by atomic mass is 32.2. The Labute approximate surface area is 122 Å². The molecule has 3 N–H and O–H groups in total. The molecule has 7 heteroatoms. The smallest absolute Gasteiger partial charge is 0.321 e. The second-order valence-electron chi connectivity index (χ2n) is 3.99. The van der Waals surface area contributed by atoms with Gasteiger partial charge in [-0.2, -0.15) is 11.8 Å². The van der Waals surface area contributed by atoms with Gasteiger partial charge >= 0.3 is 5.97 Å². The fourth-order valence-corrected chi connectivity index (χ4v) is 2.51. The van der Waals surface area contributed by atoms with Gasteiger partial charge in [-0.3, -0.25) is 4.79 Å². The quantitative estimate of drug-likeness (QED) is 0.749. The van der Waals surface area contributed by atoms with E-state index in [-0.39, 0.29) is 0 Å². The molecule has 1 aromatic carbocycles. The minimum atomic E-state index is -0.998. The Hall–Kier alpha value is -1.60. The van der Waals surface area contributed by atoms with Crippen LogP contribution in [0.3, 0.4) is 0 Å². The lowest BCUT2D eigenvalue weighted by molar-refractivity contribution is -0.137. The number of benzene rings is 1. The molecule has 0 heterocycles. The zero-order valence-electron chi connectivity index (χ0n) is 11.7. The average Bonchev–Trinajstić information content (AvgIpc) is 2.45. The van der Waals surface area contributed by atoms with Gasteiger partial charge in [0.25, 0.3) is 0 Å². The van der Waals surface area contributed by atoms with Gasteiger partial charge in [0.05, 0.1) is 21.3 Å². The first-order valence-corrected chi connectivity index (χ1v) is 7.04. The number of carbonyl (C=O) groups is 1. The predicted octanol–water partition coefficient (Wildman–Crippen LogP) is 1.36. The summed E-state index contributed by atoms with van der Waals surface area (Å²) in [4.78, 5) is 10.6. The minimum Gasteiger partial charge on any atom is -0.493 e. The SMILES string of the molecule is COc1cc(CSCC(N)C(=O)O)cc(OC)c1OC. The lowest BCUT2D eigenvalue weighted by Gasteiger charge is -2.14. The molecule has 112 valence electrons. The molecule has 0 bridgehead atoms. The average molecular weight is 301 g/mol. The molecule has 1 atom stereocenters. The van der Waals surface area contributed by atoms with E-state index < -0.39 is 12.0 Å². The summed E-state index contributed by atoms with van der Waals surface area (Å²) < 4.78 is 15.7. The van der Waals surface area contributed by atoms with E-state index in [1.807, 2.05) is 12.1 Å². The highest BCUT2D eigenvalue weighted by Gasteiger charge is 2.14. The van der Waals surface area contributed by atoms with E-state index >= 15 is 0 Å². The first kappa shape index (κ1) is 16.5. The maximum Gasteiger partial charge on any atom is 0.321 e. The van der Waals surface area contributed by atoms with Crippen molar-refractivity contribution in [1.82, 2.24) is 0 Å². The lowest BCUT2D eigenvalue weighted by Crippen LogP contribution is -2.32. The van der Waals surface area contributed by atoms with Crippen LogP contribution >= 0.6 is 11.8 Å². The second-order valence-corrected chi connectivity index (χ2v) is 5.02. The van der Waals surface area contributed by atoms with Gasteiger partial charge in [0, 0.05) is 11.5 Å². The van der Waals surface area contributed by atoms with Crippen molar-refractivity contribution in [2.75, 3.05) is 27.1 Å². The molecule has 1 rings (SSSR count). The number of carboxylic acids is 1. The van der Waals surface area contributed by atoms with Gasteiger partial charge in [-0.15, -0.1) is 0 Å². The van der Waals surface area contributed by atoms with E-state index in [2.05, 4.69) is 0 Å². The second kappa shape index (κ2) is 7.86. The van der Waals surface area contributed by atoms with Crippen LogP contribution < -0.4 is 19.9 Å². The predicted molar refractivity (Wildman–Crippen MR) is 77.9 cm³/mol. The van der Waals surface area contributed by atoms with Crippen molar-refractivity contribution >= 4 is 17.7 Å². The molecule has 20 heavy (non-hydrogen) atoms. The van der Waals surface area contributed by atoms with Crippen LogP contribution in [0.1, 0.15) is 5.56 Å². The molecule has 0 fully saturated rings. The molecule has 0 spiro atoms. The number of rotatable bonds is 8. The molecule has 0 saturated carbocycles. The zero-order chi connectivity index (χ0) is 15.1. The van der Waals surface area contributed by atoms with E-state index in [4.69, 9.17) is 25.1 Å². The van der Waals surface area contributed by atoms with Gasteiger partial charge in [0.2, 0.25) is 5.75 Å². The summed E-state index contributed by atoms with van der Waals surface area (Å²) in [6, 6.07) is 2.81. The van der Waals surface area contributed by atoms with Crippen LogP contribution in [0.4, 0.5) is 0 Å². The van der Waals surface area contributed by atoms with Crippen molar-refractivity contribution in [1.29, 1.82) is 0 Å². The van der Waals surface area contributed by atoms with Gasteiger partial charge < -0.3 is 25.1 Å². The number of ether oxygens (including phenoxy) is 3. The molecular weight excluding hydrogens is 282 g/mol. The lowest BCUT2D eigenvalue weighted by atomic mass is 10.2. The number of nitrogens with two attached hydrogens (primary N) is 1. The Bertz CT molecular complexity index is 441. The maximum atomic E-state index is 10.6. The van der Waals surface area contributed by atoms with Crippen molar-refractivity contribution in [3.63, 3.8) is 0 Å². The summed E-state index contributed by atoms with van der Waals surface area (Å²) in [6.45, 7) is 0. The molecule has 0 amide bonds. The van der Waals surface area contributed by atoms with Gasteiger partial charge in [-0.1, -0.05) is 0 Å². The first-order valence-electron chi connectivity index (χ1n) is 5.88. The van der Waals surface area contributed by atoms with Gasteiger partial charge in [-0.25, -0.2) is 0 Å². The third-order valence-corrected chi connectivity index (χ3v) is 3.74. The molecule has 1 unspecified atom stereocenters. The summed E-state index contributed by atoms with van der Waals surface area (Å²) in [6.07, 6.45) is 0. The molecule has 0 aliphatic carbocycles. The Balaban J connectivity index is 2.78. The molecule has 6 nitrogen and oxygen atoms in total. The number of aliphatic carboxylic acids is 1. The van der Waals surface area contributed by atoms with Crippen LogP contribution in [-0.2, 0) is 10.5 Å². The van der Waals surface area contributed by atoms with E-state index in [1.54, 1.807) is 21.3 Å². The van der Waals surface area contributed by atoms with Crippen LogP contribution in [0.25, 0.3) is 0 Å². The van der Waals surface area contributed by atoms with Crippen molar-refractivity contribution < 1.29 is 24.1 Å². The molecule has 0 saturated heterocycles. The summed E-state index contributed by atoms with van der Waals surface area (Å²) in [5.74, 6) is 1.63. The first-order chi connectivity index (χ1) is 9.53. The third kappa shape index (κ3) is 4.21. The molecule has 0 aliphatic heterocycles. The maximum absolute atomic E-state index is 10.6. The normalized spacial score (nSPS) is 11.8. The Morgan fingerprint density at radius 3 is 2.20 bits per heavy atom. The van der Waals surface area contributed by atoms with Crippen molar-refractivity contribution in [2.24, 2.45) is 5.73 Å². The van der Waals surface area contributed by atoms with Crippen LogP contribution in [0.5, 0.6) is 17.2 Å². The summed E-state index contributed by atoms with van der Waals surface area (Å²) in [7, 11) is 4.64. The number of methoxy groups -OCH3 is 3. The van der Waals surface area contributed by atoms with Crippen LogP contribution in [-0.4, -0.2) is 44.2 Å². The number of carboxylic acid groups (broad SMARTS) is 1. The molecule has 0 aliphatic rings. The number of hydrogen-bond acceptors (Lipinski definition) is 6. The Morgan fingerprint density at radius 2 is 1.80 bits per heavy atom. The Kier molecular flexibility index (Phi) is 6.47. The molecule has 0 radical (unpaired) electrons. The van der Waals surface area contributed by atoms with Crippen molar-refractivity contribution in [3.8, 4) is 17.2 Å². The van der Waals surface area contributed by atoms with Crippen LogP contribution in [0.2, 0.25) is 0 Å². The standard InChI is InChI=1S/C13H19NO5S/c1-17-10-4-8(5-11(18-2)12(10)19-3)6-20-7-9(14)13(15)16/h4-5,9H,6-7,14H2,1-3H3,(H,15,16). The van der Waals surface area contributed by atoms with Gasteiger partial charge in [0.15, 0.2) is 11.5 Å². The topological polar surface area (TPSA) is 91.0 Å². The van der Waals surface area contributed by atoms with E-state index in [1.165, 1.54) is 11.8 Å². The van der Waals surface area contributed by atoms with Crippen LogP contribution in [0, 0.1) is 0 Å². The molecular formula is C13H19NO5S. The van der Waals surface area contributed by atoms with Crippen molar-refractivity contribution in [3.05, 3.63) is 17.7 Å². The summed E-state index contributed by atoms with van der Waals surface area (Å²) >= 11 is 1.44. The monoisotopic (exact) mass is 301 g/mol. The fraction of sp³-hybridized carbons (Fsp3) is 0.462. The summed E-state index contributed by atoms with van der Waals surface area (Å²) in [5.41, 5.74) is 6.40. The fourth-order valence-electron chi connectivity index (χ4n) is 1.59. The number of hydrogen-bond donors (Lipinski definition) is 2. The third-order valence-electron chi connectivity index (χ3n) is 2.61. The molecule has 1 aromatic rings. The minimum absolute atomic E-state index is 0.339. The van der Waals surface area contributed by atoms with E-state index in [0.29, 0.717) is 28.8 Å². The zero-order valence-corrected chi connectivity index (χ0v) is 12.5. The van der Waals surface area contributed by atoms with E-state index in [0.717, 1.165) is 5.56 Å². The highest BCUT2D eigenvalue weighted by molar-refractivity contribution is 7.98. The van der Waals surface area contributed by atoms with Gasteiger partial charge in [0.1, 0.15) is 6.04 Å². The van der Waals surface area contributed by atoms with Gasteiger partial charge in [-0.05, 0) is 17.7 Å². The van der Waals surface area contributed by atoms with Crippen LogP contribution in [0.15, 0.2) is 12.1 Å². The highest BCUT2D eigenvalue weighted by Crippen LogP contribution is 2.38. The Morgan fingerprint density at radius 1 is 1.25 bits per heavy atom. The number of thioether (sulfide) groups is 1.